The summed E-state index contributed by atoms with van der Waals surface area (Å²) in [7, 11) is -3.45. The number of benzene rings is 1. The molecule has 0 aliphatic heterocycles. The molecule has 1 aliphatic carbocycles. The first-order chi connectivity index (χ1) is 12.1. The average molecular weight is 385 g/mol. The zero-order valence-electron chi connectivity index (χ0n) is 13.7. The molecule has 0 spiro atoms. The number of sulfone groups is 1. The van der Waals surface area contributed by atoms with Crippen LogP contribution in [-0.2, 0) is 9.84 Å². The molecule has 1 aromatic heterocycles. The van der Waals surface area contributed by atoms with E-state index in [1.165, 1.54) is 36.4 Å². The number of allylic oxidation sites excluding steroid dienone is 2. The van der Waals surface area contributed by atoms with E-state index in [1.807, 2.05) is 0 Å². The van der Waals surface area contributed by atoms with Crippen LogP contribution >= 0.6 is 0 Å². The lowest BCUT2D eigenvalue weighted by molar-refractivity contribution is -0.170. The molecule has 0 N–H and O–H groups in total. The van der Waals surface area contributed by atoms with Gasteiger partial charge in [-0.25, -0.2) is 12.8 Å². The Morgan fingerprint density at radius 1 is 1.00 bits per heavy atom. The van der Waals surface area contributed by atoms with E-state index >= 15 is 0 Å². The lowest BCUT2D eigenvalue weighted by atomic mass is 9.99. The quantitative estimate of drug-likeness (QED) is 0.731. The second-order valence-corrected chi connectivity index (χ2v) is 8.28. The minimum Gasteiger partial charge on any atom is -0.255 e. The minimum atomic E-state index is -4.36. The number of hydrogen-bond acceptors (Lipinski definition) is 3. The Kier molecular flexibility index (Phi) is 4.64. The number of hydrogen-bond donors (Lipinski definition) is 0. The molecule has 1 aliphatic rings. The summed E-state index contributed by atoms with van der Waals surface area (Å²) in [5.41, 5.74) is 1.65. The van der Waals surface area contributed by atoms with Gasteiger partial charge in [0.25, 0.3) is 0 Å². The Morgan fingerprint density at radius 2 is 1.62 bits per heavy atom. The third-order valence-electron chi connectivity index (χ3n) is 4.39. The molecule has 26 heavy (non-hydrogen) atoms. The van der Waals surface area contributed by atoms with Crippen molar-refractivity contribution in [2.45, 2.75) is 23.9 Å². The summed E-state index contributed by atoms with van der Waals surface area (Å²) < 4.78 is 75.9. The number of pyridine rings is 1. The van der Waals surface area contributed by atoms with E-state index in [9.17, 15) is 26.0 Å². The molecule has 0 fully saturated rings. The lowest BCUT2D eigenvalue weighted by Crippen LogP contribution is -2.20. The highest BCUT2D eigenvalue weighted by atomic mass is 32.2. The molecular formula is C18H15F4NO2S. The highest BCUT2D eigenvalue weighted by Crippen LogP contribution is 2.48. The predicted octanol–water partition coefficient (Wildman–Crippen LogP) is 4.51. The molecule has 1 unspecified atom stereocenters. The van der Waals surface area contributed by atoms with Gasteiger partial charge in [-0.3, -0.25) is 4.98 Å². The fourth-order valence-electron chi connectivity index (χ4n) is 3.02. The predicted molar refractivity (Wildman–Crippen MR) is 89.3 cm³/mol. The maximum Gasteiger partial charge on any atom is 0.392 e. The van der Waals surface area contributed by atoms with Crippen molar-refractivity contribution >= 4 is 21.0 Å². The number of alkyl halides is 3. The van der Waals surface area contributed by atoms with Gasteiger partial charge in [0.15, 0.2) is 9.84 Å². The van der Waals surface area contributed by atoms with Crippen molar-refractivity contribution in [2.24, 2.45) is 5.92 Å². The van der Waals surface area contributed by atoms with Crippen LogP contribution in [0.2, 0.25) is 0 Å². The van der Waals surface area contributed by atoms with Gasteiger partial charge >= 0.3 is 6.18 Å². The summed E-state index contributed by atoms with van der Waals surface area (Å²) in [6.45, 7) is 0. The van der Waals surface area contributed by atoms with E-state index in [-0.39, 0.29) is 17.7 Å². The number of aromatic nitrogens is 1. The summed E-state index contributed by atoms with van der Waals surface area (Å²) in [6, 6.07) is 8.01. The van der Waals surface area contributed by atoms with Crippen molar-refractivity contribution in [3.8, 4) is 0 Å². The number of rotatable bonds is 3. The Hall–Kier alpha value is -2.22. The lowest BCUT2D eigenvalue weighted by Gasteiger charge is -2.14. The average Bonchev–Trinajstić information content (AvgIpc) is 3.00. The van der Waals surface area contributed by atoms with Crippen molar-refractivity contribution in [3.05, 3.63) is 59.7 Å². The second-order valence-electron chi connectivity index (χ2n) is 6.26. The molecule has 0 radical (unpaired) electrons. The third-order valence-corrected chi connectivity index (χ3v) is 5.49. The van der Waals surface area contributed by atoms with E-state index in [2.05, 4.69) is 4.98 Å². The van der Waals surface area contributed by atoms with Crippen LogP contribution in [0.4, 0.5) is 17.6 Å². The molecule has 0 saturated carbocycles. The van der Waals surface area contributed by atoms with Crippen LogP contribution in [0.1, 0.15) is 24.1 Å². The number of nitrogens with zero attached hydrogens (tertiary/aromatic N) is 1. The molecule has 138 valence electrons. The van der Waals surface area contributed by atoms with E-state index in [0.717, 1.165) is 12.5 Å². The molecule has 3 rings (SSSR count). The van der Waals surface area contributed by atoms with Gasteiger partial charge in [0.05, 0.1) is 16.5 Å². The minimum absolute atomic E-state index is 0.00412. The monoisotopic (exact) mass is 385 g/mol. The molecular weight excluding hydrogens is 370 g/mol. The van der Waals surface area contributed by atoms with Gasteiger partial charge in [-0.2, -0.15) is 13.2 Å². The molecule has 0 bridgehead atoms. The Bertz CT molecular complexity index is 946. The Balaban J connectivity index is 2.06. The molecule has 1 atom stereocenters. The van der Waals surface area contributed by atoms with Gasteiger partial charge < -0.3 is 0 Å². The second kappa shape index (κ2) is 6.50. The van der Waals surface area contributed by atoms with Crippen molar-refractivity contribution in [1.29, 1.82) is 0 Å². The normalized spacial score (nSPS) is 18.4. The van der Waals surface area contributed by atoms with Crippen LogP contribution in [0, 0.1) is 11.7 Å². The van der Waals surface area contributed by atoms with Crippen molar-refractivity contribution in [1.82, 2.24) is 4.98 Å². The maximum atomic E-state index is 13.2. The first-order valence-electron chi connectivity index (χ1n) is 7.77. The van der Waals surface area contributed by atoms with Gasteiger partial charge in [-0.1, -0.05) is 12.1 Å². The topological polar surface area (TPSA) is 47.0 Å². The molecule has 1 heterocycles. The van der Waals surface area contributed by atoms with Crippen LogP contribution in [0.15, 0.2) is 47.5 Å². The van der Waals surface area contributed by atoms with E-state index in [0.29, 0.717) is 22.4 Å². The molecule has 1 aromatic carbocycles. The zero-order chi connectivity index (χ0) is 19.1. The van der Waals surface area contributed by atoms with Crippen LogP contribution in [-0.4, -0.2) is 25.8 Å². The highest BCUT2D eigenvalue weighted by molar-refractivity contribution is 7.90. The molecule has 0 amide bonds. The zero-order valence-corrected chi connectivity index (χ0v) is 14.5. The molecule has 0 saturated heterocycles. The Labute approximate surface area is 148 Å². The van der Waals surface area contributed by atoms with Gasteiger partial charge in [-0.15, -0.1) is 0 Å². The maximum absolute atomic E-state index is 13.2. The van der Waals surface area contributed by atoms with Crippen LogP contribution < -0.4 is 0 Å². The smallest absolute Gasteiger partial charge is 0.255 e. The first-order valence-corrected chi connectivity index (χ1v) is 9.66. The molecule has 8 heteroatoms. The largest absolute Gasteiger partial charge is 0.392 e. The molecule has 3 nitrogen and oxygen atoms in total. The SMILES string of the molecule is CS(=O)(=O)c1ccc(C2=C(c3ccc(F)cc3)CC(C(F)(F)F)C2)nc1. The van der Waals surface area contributed by atoms with Crippen LogP contribution in [0.25, 0.3) is 11.1 Å². The van der Waals surface area contributed by atoms with Gasteiger partial charge in [0.1, 0.15) is 5.82 Å². The first kappa shape index (κ1) is 18.6. The summed E-state index contributed by atoms with van der Waals surface area (Å²) in [5, 5.41) is 0. The van der Waals surface area contributed by atoms with E-state index < -0.39 is 27.7 Å². The van der Waals surface area contributed by atoms with Crippen molar-refractivity contribution in [3.63, 3.8) is 0 Å². The van der Waals surface area contributed by atoms with E-state index in [4.69, 9.17) is 0 Å². The molecule has 2 aromatic rings. The summed E-state index contributed by atoms with van der Waals surface area (Å²) >= 11 is 0. The highest BCUT2D eigenvalue weighted by Gasteiger charge is 2.44. The summed E-state index contributed by atoms with van der Waals surface area (Å²) in [6.07, 6.45) is -2.66. The van der Waals surface area contributed by atoms with E-state index in [1.54, 1.807) is 0 Å². The standard InChI is InChI=1S/C18H15F4NO2S/c1-26(24,25)14-6-7-17(23-10-14)16-9-12(18(20,21)22)8-15(16)11-2-4-13(19)5-3-11/h2-7,10,12H,8-9H2,1H3. The number of halogens is 4. The van der Waals surface area contributed by atoms with Crippen LogP contribution in [0.5, 0.6) is 0 Å². The van der Waals surface area contributed by atoms with Crippen LogP contribution in [0.3, 0.4) is 0 Å². The van der Waals surface area contributed by atoms with Crippen molar-refractivity contribution < 1.29 is 26.0 Å². The van der Waals surface area contributed by atoms with Gasteiger partial charge in [0.2, 0.25) is 0 Å². The van der Waals surface area contributed by atoms with Crippen molar-refractivity contribution in [2.75, 3.05) is 6.26 Å². The Morgan fingerprint density at radius 3 is 2.12 bits per heavy atom. The summed E-state index contributed by atoms with van der Waals surface area (Å²) in [4.78, 5) is 4.05. The summed E-state index contributed by atoms with van der Waals surface area (Å²) in [5.74, 6) is -2.02. The fourth-order valence-corrected chi connectivity index (χ4v) is 3.58. The van der Waals surface area contributed by atoms with Gasteiger partial charge in [0, 0.05) is 12.5 Å². The third kappa shape index (κ3) is 3.80. The van der Waals surface area contributed by atoms with Gasteiger partial charge in [-0.05, 0) is 53.8 Å². The fraction of sp³-hybridized carbons (Fsp3) is 0.278.